The first-order valence-electron chi connectivity index (χ1n) is 9.73. The van der Waals surface area contributed by atoms with Gasteiger partial charge in [-0.25, -0.2) is 8.42 Å². The fourth-order valence-electron chi connectivity index (χ4n) is 3.54. The number of aromatic amines is 1. The van der Waals surface area contributed by atoms with Crippen LogP contribution in [0.2, 0.25) is 0 Å². The lowest BCUT2D eigenvalue weighted by Gasteiger charge is -2.21. The minimum Gasteiger partial charge on any atom is -0.326 e. The summed E-state index contributed by atoms with van der Waals surface area (Å²) in [6, 6.07) is 14.7. The summed E-state index contributed by atoms with van der Waals surface area (Å²) in [5, 5.41) is 13.4. The molecule has 30 heavy (non-hydrogen) atoms. The number of H-pyrrole nitrogens is 1. The molecule has 0 radical (unpaired) electrons. The van der Waals surface area contributed by atoms with Gasteiger partial charge < -0.3 is 10.6 Å². The molecular weight excluding hydrogens is 404 g/mol. The lowest BCUT2D eigenvalue weighted by Crippen LogP contribution is -2.31. The van der Waals surface area contributed by atoms with E-state index < -0.39 is 9.84 Å². The van der Waals surface area contributed by atoms with Crippen LogP contribution in [0.15, 0.2) is 48.5 Å². The van der Waals surface area contributed by atoms with Gasteiger partial charge in [-0.3, -0.25) is 14.7 Å². The van der Waals surface area contributed by atoms with Crippen molar-refractivity contribution >= 4 is 44.1 Å². The normalized spacial score (nSPS) is 16.3. The van der Waals surface area contributed by atoms with Gasteiger partial charge in [0, 0.05) is 17.0 Å². The van der Waals surface area contributed by atoms with Crippen molar-refractivity contribution in [1.29, 1.82) is 0 Å². The summed E-state index contributed by atoms with van der Waals surface area (Å²) in [5.41, 5.74) is 2.20. The first-order valence-corrected chi connectivity index (χ1v) is 11.5. The molecule has 0 atom stereocenters. The monoisotopic (exact) mass is 426 g/mol. The second kappa shape index (κ2) is 8.27. The van der Waals surface area contributed by atoms with E-state index in [0.29, 0.717) is 29.7 Å². The molecule has 0 unspecified atom stereocenters. The third-order valence-corrected chi connectivity index (χ3v) is 6.94. The molecule has 2 aromatic carbocycles. The van der Waals surface area contributed by atoms with E-state index in [4.69, 9.17) is 0 Å². The summed E-state index contributed by atoms with van der Waals surface area (Å²) in [7, 11) is -3.02. The standard InChI is InChI=1S/C21H22N4O4S/c26-19(12-14-4-2-1-3-5-14)23-20-17-13-16(6-7-18(17)24-25-20)22-21(27)15-8-10-30(28,29)11-9-15/h1-7,13,15H,8-12H2,(H,22,27)(H2,23,24,25,26). The number of aromatic nitrogens is 2. The number of benzene rings is 2. The highest BCUT2D eigenvalue weighted by Crippen LogP contribution is 2.26. The second-order valence-corrected chi connectivity index (χ2v) is 9.76. The van der Waals surface area contributed by atoms with Crippen LogP contribution in [-0.2, 0) is 25.8 Å². The number of hydrogen-bond donors (Lipinski definition) is 3. The first-order chi connectivity index (χ1) is 14.4. The number of anilines is 2. The molecule has 8 nitrogen and oxygen atoms in total. The van der Waals surface area contributed by atoms with Crippen molar-refractivity contribution in [1.82, 2.24) is 10.2 Å². The number of nitrogens with zero attached hydrogens (tertiary/aromatic N) is 1. The Morgan fingerprint density at radius 3 is 2.50 bits per heavy atom. The van der Waals surface area contributed by atoms with Gasteiger partial charge in [-0.15, -0.1) is 0 Å². The zero-order valence-corrected chi connectivity index (χ0v) is 17.0. The maximum Gasteiger partial charge on any atom is 0.230 e. The van der Waals surface area contributed by atoms with Crippen molar-refractivity contribution in [3.63, 3.8) is 0 Å². The Labute approximate surface area is 174 Å². The maximum absolute atomic E-state index is 12.5. The summed E-state index contributed by atoms with van der Waals surface area (Å²) in [6.45, 7) is 0. The van der Waals surface area contributed by atoms with Crippen molar-refractivity contribution < 1.29 is 18.0 Å². The number of hydrogen-bond acceptors (Lipinski definition) is 5. The molecule has 0 aliphatic carbocycles. The molecule has 0 spiro atoms. The minimum atomic E-state index is -3.02. The Hall–Kier alpha value is -3.20. The molecule has 1 aromatic heterocycles. The quantitative estimate of drug-likeness (QED) is 0.579. The van der Waals surface area contributed by atoms with E-state index in [-0.39, 0.29) is 35.7 Å². The van der Waals surface area contributed by atoms with Crippen LogP contribution in [0.4, 0.5) is 11.5 Å². The van der Waals surface area contributed by atoms with Gasteiger partial charge >= 0.3 is 0 Å². The van der Waals surface area contributed by atoms with Crippen molar-refractivity contribution in [2.24, 2.45) is 5.92 Å². The number of sulfone groups is 1. The van der Waals surface area contributed by atoms with Gasteiger partial charge in [-0.2, -0.15) is 5.10 Å². The number of rotatable bonds is 5. The molecule has 156 valence electrons. The van der Waals surface area contributed by atoms with E-state index in [2.05, 4.69) is 20.8 Å². The molecule has 3 N–H and O–H groups in total. The van der Waals surface area contributed by atoms with Crippen LogP contribution in [0.25, 0.3) is 10.9 Å². The Bertz CT molecular complexity index is 1170. The van der Waals surface area contributed by atoms with E-state index >= 15 is 0 Å². The van der Waals surface area contributed by atoms with Crippen LogP contribution < -0.4 is 10.6 Å². The minimum absolute atomic E-state index is 0.0451. The smallest absolute Gasteiger partial charge is 0.230 e. The van der Waals surface area contributed by atoms with Crippen molar-refractivity contribution in [2.75, 3.05) is 22.1 Å². The van der Waals surface area contributed by atoms with E-state index in [1.54, 1.807) is 18.2 Å². The average molecular weight is 426 g/mol. The van der Waals surface area contributed by atoms with E-state index in [1.807, 2.05) is 30.3 Å². The van der Waals surface area contributed by atoms with Crippen molar-refractivity contribution in [3.05, 3.63) is 54.1 Å². The first kappa shape index (κ1) is 20.1. The zero-order valence-electron chi connectivity index (χ0n) is 16.2. The number of carbonyl (C=O) groups excluding carboxylic acids is 2. The Morgan fingerprint density at radius 1 is 1.03 bits per heavy atom. The van der Waals surface area contributed by atoms with Crippen LogP contribution in [0.1, 0.15) is 18.4 Å². The van der Waals surface area contributed by atoms with Crippen molar-refractivity contribution in [3.8, 4) is 0 Å². The number of nitrogens with one attached hydrogen (secondary N) is 3. The summed E-state index contributed by atoms with van der Waals surface area (Å²) >= 11 is 0. The molecule has 9 heteroatoms. The van der Waals surface area contributed by atoms with E-state index in [0.717, 1.165) is 11.1 Å². The molecule has 0 saturated carbocycles. The van der Waals surface area contributed by atoms with Gasteiger partial charge in [-0.1, -0.05) is 30.3 Å². The van der Waals surface area contributed by atoms with Crippen LogP contribution in [0, 0.1) is 5.92 Å². The second-order valence-electron chi connectivity index (χ2n) is 7.46. The predicted octanol–water partition coefficient (Wildman–Crippen LogP) is 2.51. The highest BCUT2D eigenvalue weighted by molar-refractivity contribution is 7.91. The fraction of sp³-hybridized carbons (Fsp3) is 0.286. The molecule has 2 amide bonds. The van der Waals surface area contributed by atoms with Crippen LogP contribution in [-0.4, -0.2) is 41.9 Å². The van der Waals surface area contributed by atoms with Crippen LogP contribution in [0.3, 0.4) is 0 Å². The van der Waals surface area contributed by atoms with E-state index in [1.165, 1.54) is 0 Å². The third-order valence-electron chi connectivity index (χ3n) is 5.22. The summed E-state index contributed by atoms with van der Waals surface area (Å²) < 4.78 is 23.1. The predicted molar refractivity (Wildman–Crippen MR) is 115 cm³/mol. The molecule has 1 aliphatic heterocycles. The summed E-state index contributed by atoms with van der Waals surface area (Å²) in [4.78, 5) is 24.9. The lowest BCUT2D eigenvalue weighted by molar-refractivity contribution is -0.120. The molecule has 3 aromatic rings. The Balaban J connectivity index is 1.45. The topological polar surface area (TPSA) is 121 Å². The molecule has 1 fully saturated rings. The molecule has 2 heterocycles. The molecule has 1 aliphatic rings. The maximum atomic E-state index is 12.5. The highest BCUT2D eigenvalue weighted by Gasteiger charge is 2.28. The number of carbonyl (C=O) groups is 2. The van der Waals surface area contributed by atoms with Gasteiger partial charge in [0.25, 0.3) is 0 Å². The molecule has 4 rings (SSSR count). The van der Waals surface area contributed by atoms with E-state index in [9.17, 15) is 18.0 Å². The van der Waals surface area contributed by atoms with Crippen molar-refractivity contribution in [2.45, 2.75) is 19.3 Å². The SMILES string of the molecule is O=C(Cc1ccccc1)Nc1n[nH]c2ccc(NC(=O)C3CCS(=O)(=O)CC3)cc12. The summed E-state index contributed by atoms with van der Waals surface area (Å²) in [6.07, 6.45) is 0.905. The van der Waals surface area contributed by atoms with Gasteiger partial charge in [0.15, 0.2) is 5.82 Å². The summed E-state index contributed by atoms with van der Waals surface area (Å²) in [5.74, 6) is -0.216. The fourth-order valence-corrected chi connectivity index (χ4v) is 5.03. The van der Waals surface area contributed by atoms with Gasteiger partial charge in [0.1, 0.15) is 9.84 Å². The zero-order chi connectivity index (χ0) is 21.1. The van der Waals surface area contributed by atoms with Crippen LogP contribution in [0.5, 0.6) is 0 Å². The Morgan fingerprint density at radius 2 is 1.77 bits per heavy atom. The molecule has 1 saturated heterocycles. The van der Waals surface area contributed by atoms with Crippen LogP contribution >= 0.6 is 0 Å². The van der Waals surface area contributed by atoms with Gasteiger partial charge in [0.2, 0.25) is 11.8 Å². The molecule has 0 bridgehead atoms. The highest BCUT2D eigenvalue weighted by atomic mass is 32.2. The number of amides is 2. The van der Waals surface area contributed by atoms with Gasteiger partial charge in [-0.05, 0) is 36.6 Å². The Kier molecular flexibility index (Phi) is 5.54. The molecular formula is C21H22N4O4S. The third kappa shape index (κ3) is 4.68. The van der Waals surface area contributed by atoms with Gasteiger partial charge in [0.05, 0.1) is 23.4 Å². The largest absolute Gasteiger partial charge is 0.326 e. The average Bonchev–Trinajstić information content (AvgIpc) is 3.10. The number of fused-ring (bicyclic) bond motifs is 1. The lowest BCUT2D eigenvalue weighted by atomic mass is 10.0.